The average molecular weight is 261 g/mol. The molecule has 0 saturated carbocycles. The summed E-state index contributed by atoms with van der Waals surface area (Å²) >= 11 is 6.27. The zero-order chi connectivity index (χ0) is 11.7. The van der Waals surface area contributed by atoms with Gasteiger partial charge in [0.05, 0.1) is 12.6 Å². The van der Waals surface area contributed by atoms with E-state index in [0.29, 0.717) is 0 Å². The fourth-order valence-electron chi connectivity index (χ4n) is 1.65. The van der Waals surface area contributed by atoms with Gasteiger partial charge in [-0.1, -0.05) is 59.8 Å². The van der Waals surface area contributed by atoms with Crippen molar-refractivity contribution in [2.75, 3.05) is 0 Å². The number of rotatable bonds is 3. The van der Waals surface area contributed by atoms with Gasteiger partial charge in [0, 0.05) is 0 Å². The molecule has 0 bridgehead atoms. The van der Waals surface area contributed by atoms with Gasteiger partial charge in [0.2, 0.25) is 0 Å². The lowest BCUT2D eigenvalue weighted by molar-refractivity contribution is 0.475. The van der Waals surface area contributed by atoms with E-state index < -0.39 is 7.27 Å². The molecule has 0 radical (unpaired) electrons. The Kier molecular flexibility index (Phi) is 2.88. The Morgan fingerprint density at radius 3 is 2.06 bits per heavy atom. The van der Waals surface area contributed by atoms with E-state index in [9.17, 15) is 0 Å². The van der Waals surface area contributed by atoms with Gasteiger partial charge < -0.3 is 4.74 Å². The van der Waals surface area contributed by atoms with Crippen molar-refractivity contribution in [3.8, 4) is 5.75 Å². The van der Waals surface area contributed by atoms with Crippen molar-refractivity contribution in [3.05, 3.63) is 71.7 Å². The molecule has 0 amide bonds. The Hall–Kier alpha value is -1.30. The molecule has 0 aromatic heterocycles. The highest BCUT2D eigenvalue weighted by Gasteiger charge is 2.39. The largest absolute Gasteiger partial charge is 0.455 e. The van der Waals surface area contributed by atoms with Crippen molar-refractivity contribution in [1.29, 1.82) is 0 Å². The van der Waals surface area contributed by atoms with E-state index in [1.54, 1.807) is 0 Å². The molecule has 1 nitrogen and oxygen atoms in total. The van der Waals surface area contributed by atoms with Gasteiger partial charge in [0.25, 0.3) is 0 Å². The van der Waals surface area contributed by atoms with Gasteiger partial charge in [-0.2, -0.15) is 0 Å². The molecule has 17 heavy (non-hydrogen) atoms. The predicted molar refractivity (Wildman–Crippen MR) is 73.2 cm³/mol. The Bertz CT molecular complexity index is 551. The highest BCUT2D eigenvalue weighted by Crippen LogP contribution is 2.77. The lowest BCUT2D eigenvalue weighted by Crippen LogP contribution is -1.81. The molecule has 3 rings (SSSR count). The molecule has 0 saturated heterocycles. The number of halogens is 1. The Morgan fingerprint density at radius 1 is 0.824 bits per heavy atom. The molecule has 0 unspecified atom stereocenters. The van der Waals surface area contributed by atoms with E-state index in [-0.39, 0.29) is 0 Å². The highest BCUT2D eigenvalue weighted by atomic mass is 35.7. The SMILES string of the molecule is Cl[P@]1C(Oc2ccccc2)=C1c1ccccc1. The lowest BCUT2D eigenvalue weighted by Gasteiger charge is -1.98. The van der Waals surface area contributed by atoms with Crippen LogP contribution in [0.5, 0.6) is 5.75 Å². The number of para-hydroxylation sites is 1. The summed E-state index contributed by atoms with van der Waals surface area (Å²) in [5.41, 5.74) is 2.10. The molecule has 0 fully saturated rings. The summed E-state index contributed by atoms with van der Waals surface area (Å²) in [6.07, 6.45) is 0. The highest BCUT2D eigenvalue weighted by molar-refractivity contribution is 8.02. The molecule has 1 heterocycles. The molecule has 84 valence electrons. The Morgan fingerprint density at radius 2 is 1.41 bits per heavy atom. The molecule has 1 aliphatic heterocycles. The topological polar surface area (TPSA) is 9.23 Å². The maximum absolute atomic E-state index is 6.27. The van der Waals surface area contributed by atoms with E-state index in [1.807, 2.05) is 48.5 Å². The van der Waals surface area contributed by atoms with E-state index in [1.165, 1.54) is 5.56 Å². The summed E-state index contributed by atoms with van der Waals surface area (Å²) < 4.78 is 5.78. The van der Waals surface area contributed by atoms with E-state index in [0.717, 1.165) is 16.6 Å². The minimum Gasteiger partial charge on any atom is -0.455 e. The van der Waals surface area contributed by atoms with Gasteiger partial charge in [-0.3, -0.25) is 0 Å². The minimum atomic E-state index is -0.714. The zero-order valence-corrected chi connectivity index (χ0v) is 10.7. The summed E-state index contributed by atoms with van der Waals surface area (Å²) in [6.45, 7) is 0. The van der Waals surface area contributed by atoms with Crippen LogP contribution in [-0.4, -0.2) is 0 Å². The Balaban J connectivity index is 1.84. The van der Waals surface area contributed by atoms with Crippen LogP contribution in [0.2, 0.25) is 0 Å². The van der Waals surface area contributed by atoms with Crippen molar-refractivity contribution in [2.45, 2.75) is 0 Å². The van der Waals surface area contributed by atoms with E-state index in [4.69, 9.17) is 16.0 Å². The molecule has 0 spiro atoms. The molecule has 1 aliphatic rings. The second kappa shape index (κ2) is 4.52. The number of hydrogen-bond acceptors (Lipinski definition) is 1. The summed E-state index contributed by atoms with van der Waals surface area (Å²) in [4.78, 5) is 0. The van der Waals surface area contributed by atoms with Crippen LogP contribution in [0.3, 0.4) is 0 Å². The minimum absolute atomic E-state index is 0.714. The first-order chi connectivity index (χ1) is 8.36. The van der Waals surface area contributed by atoms with Crippen LogP contribution >= 0.6 is 18.5 Å². The number of ether oxygens (including phenoxy) is 1. The van der Waals surface area contributed by atoms with Gasteiger partial charge in [-0.15, -0.1) is 0 Å². The maximum Gasteiger partial charge on any atom is 0.156 e. The standard InChI is InChI=1S/C14H10ClOP/c15-17-13(11-7-3-1-4-8-11)14(17)16-12-9-5-2-6-10-12/h1-10H/t17-/m0/s1. The van der Waals surface area contributed by atoms with Crippen LogP contribution in [0, 0.1) is 0 Å². The molecule has 0 N–H and O–H groups in total. The van der Waals surface area contributed by atoms with E-state index in [2.05, 4.69) is 12.1 Å². The quantitative estimate of drug-likeness (QED) is 0.703. The predicted octanol–water partition coefficient (Wildman–Crippen LogP) is 5.04. The molecular formula is C14H10ClOP. The third-order valence-corrected chi connectivity index (χ3v) is 4.80. The van der Waals surface area contributed by atoms with Crippen LogP contribution in [-0.2, 0) is 0 Å². The van der Waals surface area contributed by atoms with Crippen LogP contribution < -0.4 is 4.74 Å². The molecule has 1 atom stereocenters. The molecule has 2 aromatic carbocycles. The fourth-order valence-corrected chi connectivity index (χ4v) is 3.73. The summed E-state index contributed by atoms with van der Waals surface area (Å²) in [5, 5.41) is 1.16. The third-order valence-electron chi connectivity index (χ3n) is 2.53. The maximum atomic E-state index is 6.27. The summed E-state index contributed by atoms with van der Waals surface area (Å²) in [7, 11) is -0.714. The molecule has 3 heteroatoms. The number of benzene rings is 2. The monoisotopic (exact) mass is 260 g/mol. The number of hydrogen-bond donors (Lipinski definition) is 0. The average Bonchev–Trinajstić information content (AvgIpc) is 3.02. The molecule has 0 aliphatic carbocycles. The second-order valence-electron chi connectivity index (χ2n) is 3.72. The van der Waals surface area contributed by atoms with E-state index >= 15 is 0 Å². The third kappa shape index (κ3) is 2.22. The fraction of sp³-hybridized carbons (Fsp3) is 0. The lowest BCUT2D eigenvalue weighted by atomic mass is 10.2. The normalized spacial score (nSPS) is 18.1. The Labute approximate surface area is 106 Å². The van der Waals surface area contributed by atoms with Gasteiger partial charge in [-0.05, 0) is 17.7 Å². The van der Waals surface area contributed by atoms with Crippen molar-refractivity contribution in [2.24, 2.45) is 0 Å². The van der Waals surface area contributed by atoms with Crippen molar-refractivity contribution >= 4 is 23.8 Å². The van der Waals surface area contributed by atoms with Crippen molar-refractivity contribution in [1.82, 2.24) is 0 Å². The van der Waals surface area contributed by atoms with Crippen molar-refractivity contribution < 1.29 is 4.74 Å². The zero-order valence-electron chi connectivity index (χ0n) is 9.01. The van der Waals surface area contributed by atoms with Crippen LogP contribution in [0.25, 0.3) is 5.31 Å². The van der Waals surface area contributed by atoms with Gasteiger partial charge in [-0.25, -0.2) is 0 Å². The van der Waals surface area contributed by atoms with Crippen LogP contribution in [0.4, 0.5) is 0 Å². The summed E-state index contributed by atoms with van der Waals surface area (Å²) in [6, 6.07) is 19.9. The molecule has 2 aromatic rings. The second-order valence-corrected chi connectivity index (χ2v) is 6.14. The summed E-state index contributed by atoms with van der Waals surface area (Å²) in [5.74, 6) is 0.849. The van der Waals surface area contributed by atoms with Crippen molar-refractivity contribution in [3.63, 3.8) is 0 Å². The molecular weight excluding hydrogens is 251 g/mol. The van der Waals surface area contributed by atoms with Gasteiger partial charge in [0.1, 0.15) is 5.75 Å². The van der Waals surface area contributed by atoms with Crippen LogP contribution in [0.1, 0.15) is 5.56 Å². The smallest absolute Gasteiger partial charge is 0.156 e. The first-order valence-corrected chi connectivity index (χ1v) is 7.59. The van der Waals surface area contributed by atoms with Gasteiger partial charge in [0.15, 0.2) is 5.50 Å². The first kappa shape index (κ1) is 10.8. The van der Waals surface area contributed by atoms with Gasteiger partial charge >= 0.3 is 0 Å². The van der Waals surface area contributed by atoms with Crippen LogP contribution in [0.15, 0.2) is 66.2 Å². The first-order valence-electron chi connectivity index (χ1n) is 5.35.